The quantitative estimate of drug-likeness (QED) is 0.793. The number of ether oxygens (including phenoxy) is 2. The Morgan fingerprint density at radius 2 is 1.41 bits per heavy atom. The fourth-order valence-corrected chi connectivity index (χ4v) is 3.11. The summed E-state index contributed by atoms with van der Waals surface area (Å²) in [5.74, 6) is 0.279. The first-order chi connectivity index (χ1) is 10.8. The van der Waals surface area contributed by atoms with Crippen molar-refractivity contribution in [3.63, 3.8) is 0 Å². The number of hydrogen-bond donors (Lipinski definition) is 0. The maximum atomic E-state index is 12.3. The average molecular weight is 294 g/mol. The van der Waals surface area contributed by atoms with Gasteiger partial charge in [0.25, 0.3) is 0 Å². The number of benzene rings is 2. The van der Waals surface area contributed by atoms with Crippen molar-refractivity contribution in [2.45, 2.75) is 18.6 Å². The van der Waals surface area contributed by atoms with Gasteiger partial charge in [-0.15, -0.1) is 0 Å². The molecule has 1 aliphatic heterocycles. The van der Waals surface area contributed by atoms with Gasteiger partial charge in [0.15, 0.2) is 6.10 Å². The van der Waals surface area contributed by atoms with E-state index in [9.17, 15) is 4.79 Å². The number of fused-ring (bicyclic) bond motifs is 1. The molecule has 0 amide bonds. The predicted molar refractivity (Wildman–Crippen MR) is 82.0 cm³/mol. The highest BCUT2D eigenvalue weighted by Gasteiger charge is 2.48. The van der Waals surface area contributed by atoms with Crippen LogP contribution in [0.3, 0.4) is 0 Å². The highest BCUT2D eigenvalue weighted by Crippen LogP contribution is 2.46. The van der Waals surface area contributed by atoms with Gasteiger partial charge in [-0.1, -0.05) is 60.7 Å². The third-order valence-electron chi connectivity index (χ3n) is 4.49. The van der Waals surface area contributed by atoms with E-state index >= 15 is 0 Å². The molecule has 0 radical (unpaired) electrons. The van der Waals surface area contributed by atoms with E-state index < -0.39 is 6.10 Å². The van der Waals surface area contributed by atoms with Crippen LogP contribution in [0.25, 0.3) is 0 Å². The van der Waals surface area contributed by atoms with E-state index in [-0.39, 0.29) is 18.0 Å². The lowest BCUT2D eigenvalue weighted by Crippen LogP contribution is -2.25. The number of carbonyl (C=O) groups is 1. The lowest BCUT2D eigenvalue weighted by molar-refractivity contribution is -0.166. The zero-order chi connectivity index (χ0) is 14.9. The highest BCUT2D eigenvalue weighted by atomic mass is 16.6. The van der Waals surface area contributed by atoms with Gasteiger partial charge in [-0.2, -0.15) is 0 Å². The largest absolute Gasteiger partial charge is 0.454 e. The maximum absolute atomic E-state index is 12.3. The van der Waals surface area contributed by atoms with E-state index in [0.29, 0.717) is 12.5 Å². The van der Waals surface area contributed by atoms with Gasteiger partial charge in [-0.25, -0.2) is 0 Å². The molecule has 2 aromatic rings. The molecule has 112 valence electrons. The first-order valence-electron chi connectivity index (χ1n) is 7.75. The Labute approximate surface area is 129 Å². The minimum Gasteiger partial charge on any atom is -0.454 e. The molecule has 2 fully saturated rings. The van der Waals surface area contributed by atoms with Crippen molar-refractivity contribution in [3.05, 3.63) is 71.8 Å². The van der Waals surface area contributed by atoms with Crippen molar-refractivity contribution in [1.29, 1.82) is 0 Å². The predicted octanol–water partition coefficient (Wildman–Crippen LogP) is 3.68. The van der Waals surface area contributed by atoms with E-state index in [1.807, 2.05) is 60.7 Å². The summed E-state index contributed by atoms with van der Waals surface area (Å²) in [7, 11) is 0. The first kappa shape index (κ1) is 13.5. The molecular weight excluding hydrogens is 276 g/mol. The number of carbonyl (C=O) groups excluding carboxylic acids is 1. The van der Waals surface area contributed by atoms with E-state index in [2.05, 4.69) is 0 Å². The van der Waals surface area contributed by atoms with Crippen LogP contribution in [0.5, 0.6) is 0 Å². The fraction of sp³-hybridized carbons (Fsp3) is 0.316. The Kier molecular flexibility index (Phi) is 3.43. The molecule has 0 aromatic heterocycles. The van der Waals surface area contributed by atoms with Crippen molar-refractivity contribution < 1.29 is 14.3 Å². The standard InChI is InChI=1S/C19H18O3/c20-19-16-11-15(16)12-21-17(13-7-3-1-4-8-13)18(22-19)14-9-5-2-6-10-14/h1-10,15-18H,11-12H2/t15-,16-,17+,18+/m0/s1. The number of hydrogen-bond acceptors (Lipinski definition) is 3. The second kappa shape index (κ2) is 5.58. The van der Waals surface area contributed by atoms with Gasteiger partial charge < -0.3 is 9.47 Å². The van der Waals surface area contributed by atoms with Crippen molar-refractivity contribution in [1.82, 2.24) is 0 Å². The summed E-state index contributed by atoms with van der Waals surface area (Å²) in [6, 6.07) is 19.9. The summed E-state index contributed by atoms with van der Waals surface area (Å²) < 4.78 is 12.0. The third kappa shape index (κ3) is 2.53. The second-order valence-electron chi connectivity index (χ2n) is 6.04. The van der Waals surface area contributed by atoms with E-state index in [4.69, 9.17) is 9.47 Å². The van der Waals surface area contributed by atoms with Gasteiger partial charge in [-0.3, -0.25) is 4.79 Å². The van der Waals surface area contributed by atoms with Gasteiger partial charge in [0.05, 0.1) is 12.5 Å². The third-order valence-corrected chi connectivity index (χ3v) is 4.49. The fourth-order valence-electron chi connectivity index (χ4n) is 3.11. The molecule has 1 aliphatic carbocycles. The van der Waals surface area contributed by atoms with E-state index in [0.717, 1.165) is 17.5 Å². The van der Waals surface area contributed by atoms with Crippen LogP contribution in [-0.4, -0.2) is 12.6 Å². The minimum atomic E-state index is -0.391. The van der Waals surface area contributed by atoms with Gasteiger partial charge in [0.2, 0.25) is 0 Å². The molecule has 1 saturated carbocycles. The first-order valence-corrected chi connectivity index (χ1v) is 7.75. The molecule has 0 spiro atoms. The summed E-state index contributed by atoms with van der Waals surface area (Å²) in [6.45, 7) is 0.628. The summed E-state index contributed by atoms with van der Waals surface area (Å²) in [4.78, 5) is 12.3. The Morgan fingerprint density at radius 1 is 0.818 bits per heavy atom. The van der Waals surface area contributed by atoms with Crippen LogP contribution < -0.4 is 0 Å². The van der Waals surface area contributed by atoms with Crippen LogP contribution in [0.15, 0.2) is 60.7 Å². The highest BCUT2D eigenvalue weighted by molar-refractivity contribution is 5.76. The molecule has 0 N–H and O–H groups in total. The molecular formula is C19H18O3. The molecule has 4 atom stereocenters. The SMILES string of the molecule is O=C1O[C@H](c2ccccc2)[C@@H](c2ccccc2)OC[C@@H]2C[C@H]12. The van der Waals surface area contributed by atoms with Crippen molar-refractivity contribution in [3.8, 4) is 0 Å². The lowest BCUT2D eigenvalue weighted by atomic mass is 9.97. The molecule has 1 heterocycles. The zero-order valence-electron chi connectivity index (χ0n) is 12.2. The number of rotatable bonds is 2. The summed E-state index contributed by atoms with van der Waals surface area (Å²) in [6.07, 6.45) is 0.244. The lowest BCUT2D eigenvalue weighted by Gasteiger charge is -2.29. The molecule has 4 rings (SSSR count). The van der Waals surface area contributed by atoms with Crippen molar-refractivity contribution in [2.24, 2.45) is 11.8 Å². The molecule has 2 aromatic carbocycles. The minimum absolute atomic E-state index is 0.0305. The molecule has 2 aliphatic rings. The van der Waals surface area contributed by atoms with Crippen LogP contribution in [0, 0.1) is 11.8 Å². The summed E-state index contributed by atoms with van der Waals surface area (Å²) >= 11 is 0. The molecule has 3 nitrogen and oxygen atoms in total. The molecule has 0 bridgehead atoms. The number of cyclic esters (lactones) is 1. The van der Waals surface area contributed by atoms with Gasteiger partial charge in [-0.05, 0) is 23.5 Å². The topological polar surface area (TPSA) is 35.5 Å². The number of esters is 1. The van der Waals surface area contributed by atoms with Crippen LogP contribution in [0.2, 0.25) is 0 Å². The summed E-state index contributed by atoms with van der Waals surface area (Å²) in [5, 5.41) is 0. The van der Waals surface area contributed by atoms with Gasteiger partial charge in [0, 0.05) is 0 Å². The van der Waals surface area contributed by atoms with Crippen LogP contribution >= 0.6 is 0 Å². The summed E-state index contributed by atoms with van der Waals surface area (Å²) in [5.41, 5.74) is 2.02. The molecule has 3 heteroatoms. The smallest absolute Gasteiger partial charge is 0.310 e. The van der Waals surface area contributed by atoms with E-state index in [1.165, 1.54) is 0 Å². The Balaban J connectivity index is 1.72. The Hall–Kier alpha value is -2.13. The zero-order valence-corrected chi connectivity index (χ0v) is 12.2. The van der Waals surface area contributed by atoms with Gasteiger partial charge in [0.1, 0.15) is 6.10 Å². The van der Waals surface area contributed by atoms with Crippen LogP contribution in [0.4, 0.5) is 0 Å². The monoisotopic (exact) mass is 294 g/mol. The second-order valence-corrected chi connectivity index (χ2v) is 6.04. The van der Waals surface area contributed by atoms with Crippen LogP contribution in [-0.2, 0) is 14.3 Å². The van der Waals surface area contributed by atoms with Crippen molar-refractivity contribution in [2.75, 3.05) is 6.61 Å². The molecule has 22 heavy (non-hydrogen) atoms. The molecule has 1 saturated heterocycles. The van der Waals surface area contributed by atoms with Crippen molar-refractivity contribution >= 4 is 5.97 Å². The normalized spacial score (nSPS) is 30.6. The Morgan fingerprint density at radius 3 is 2.05 bits per heavy atom. The Bertz CT molecular complexity index is 653. The van der Waals surface area contributed by atoms with Crippen LogP contribution in [0.1, 0.15) is 29.8 Å². The maximum Gasteiger partial charge on any atom is 0.310 e. The van der Waals surface area contributed by atoms with E-state index in [1.54, 1.807) is 0 Å². The average Bonchev–Trinajstić information content (AvgIpc) is 3.33. The molecule has 0 unspecified atom stereocenters. The van der Waals surface area contributed by atoms with Gasteiger partial charge >= 0.3 is 5.97 Å².